The van der Waals surface area contributed by atoms with Crippen LogP contribution in [0.4, 0.5) is 5.69 Å². The second-order valence-corrected chi connectivity index (χ2v) is 7.76. The molecule has 25 heavy (non-hydrogen) atoms. The van der Waals surface area contributed by atoms with Gasteiger partial charge >= 0.3 is 0 Å². The van der Waals surface area contributed by atoms with E-state index in [1.807, 2.05) is 32.0 Å². The molecule has 2 aromatic rings. The van der Waals surface area contributed by atoms with Crippen molar-refractivity contribution in [3.63, 3.8) is 0 Å². The summed E-state index contributed by atoms with van der Waals surface area (Å²) in [6.45, 7) is 6.12. The Morgan fingerprint density at radius 2 is 1.68 bits per heavy atom. The fraction of sp³-hybridized carbons (Fsp3) is 0.316. The van der Waals surface area contributed by atoms with Gasteiger partial charge in [-0.25, -0.2) is 13.1 Å². The van der Waals surface area contributed by atoms with Gasteiger partial charge in [0, 0.05) is 18.7 Å². The molecule has 2 N–H and O–H groups in total. The lowest BCUT2D eigenvalue weighted by atomic mass is 10.1. The summed E-state index contributed by atoms with van der Waals surface area (Å²) >= 11 is 0. The lowest BCUT2D eigenvalue weighted by Crippen LogP contribution is -2.23. The van der Waals surface area contributed by atoms with E-state index >= 15 is 0 Å². The lowest BCUT2D eigenvalue weighted by molar-refractivity contribution is -0.116. The first-order valence-corrected chi connectivity index (χ1v) is 9.76. The summed E-state index contributed by atoms with van der Waals surface area (Å²) in [5.41, 5.74) is 4.03. The van der Waals surface area contributed by atoms with Gasteiger partial charge < -0.3 is 5.32 Å². The average Bonchev–Trinajstić information content (AvgIpc) is 2.57. The Morgan fingerprint density at radius 3 is 2.28 bits per heavy atom. The van der Waals surface area contributed by atoms with Gasteiger partial charge in [0.15, 0.2) is 0 Å². The van der Waals surface area contributed by atoms with Crippen LogP contribution in [0.1, 0.15) is 30.0 Å². The van der Waals surface area contributed by atoms with E-state index in [4.69, 9.17) is 0 Å². The lowest BCUT2D eigenvalue weighted by Gasteiger charge is -2.08. The van der Waals surface area contributed by atoms with Crippen molar-refractivity contribution in [3.8, 4) is 0 Å². The zero-order valence-electron chi connectivity index (χ0n) is 14.8. The summed E-state index contributed by atoms with van der Waals surface area (Å²) in [4.78, 5) is 12.3. The molecule has 6 heteroatoms. The molecule has 2 rings (SSSR count). The Labute approximate surface area is 149 Å². The Kier molecular flexibility index (Phi) is 6.33. The molecule has 0 aliphatic rings. The van der Waals surface area contributed by atoms with E-state index in [0.29, 0.717) is 19.4 Å². The van der Waals surface area contributed by atoms with E-state index in [-0.39, 0.29) is 10.8 Å². The van der Waals surface area contributed by atoms with Gasteiger partial charge in [0.2, 0.25) is 15.9 Å². The number of aryl methyl sites for hydroxylation is 3. The number of amides is 1. The second kappa shape index (κ2) is 8.27. The molecular formula is C19H24N2O3S. The summed E-state index contributed by atoms with van der Waals surface area (Å²) in [7, 11) is -3.44. The number of rotatable bonds is 7. The fourth-order valence-electron chi connectivity index (χ4n) is 2.41. The number of carbonyl (C=O) groups excluding carboxylic acids is 1. The van der Waals surface area contributed by atoms with Crippen LogP contribution in [0.3, 0.4) is 0 Å². The molecule has 0 aromatic heterocycles. The van der Waals surface area contributed by atoms with Gasteiger partial charge in [-0.2, -0.15) is 0 Å². The van der Waals surface area contributed by atoms with Gasteiger partial charge in [0.1, 0.15) is 0 Å². The van der Waals surface area contributed by atoms with E-state index in [1.54, 1.807) is 31.2 Å². The van der Waals surface area contributed by atoms with E-state index in [2.05, 4.69) is 10.0 Å². The van der Waals surface area contributed by atoms with Gasteiger partial charge in [-0.1, -0.05) is 25.1 Å². The van der Waals surface area contributed by atoms with E-state index in [9.17, 15) is 13.2 Å². The van der Waals surface area contributed by atoms with Crippen molar-refractivity contribution in [3.05, 3.63) is 59.2 Å². The third-order valence-corrected chi connectivity index (χ3v) is 5.56. The number of carbonyl (C=O) groups is 1. The quantitative estimate of drug-likeness (QED) is 0.796. The Bertz CT molecular complexity index is 843. The van der Waals surface area contributed by atoms with Gasteiger partial charge in [0.05, 0.1) is 4.90 Å². The first kappa shape index (κ1) is 19.1. The highest BCUT2D eigenvalue weighted by atomic mass is 32.2. The number of anilines is 1. The molecule has 0 saturated heterocycles. The van der Waals surface area contributed by atoms with Crippen LogP contribution in [0.2, 0.25) is 0 Å². The van der Waals surface area contributed by atoms with Crippen LogP contribution in [-0.4, -0.2) is 20.9 Å². The number of benzene rings is 2. The van der Waals surface area contributed by atoms with Gasteiger partial charge in [-0.15, -0.1) is 0 Å². The summed E-state index contributed by atoms with van der Waals surface area (Å²) in [5.74, 6) is -0.0624. The zero-order valence-corrected chi connectivity index (χ0v) is 15.6. The summed E-state index contributed by atoms with van der Waals surface area (Å²) in [6.07, 6.45) is 0.893. The van der Waals surface area contributed by atoms with Gasteiger partial charge in [-0.05, 0) is 61.2 Å². The minimum atomic E-state index is -3.44. The second-order valence-electron chi connectivity index (χ2n) is 5.99. The first-order valence-electron chi connectivity index (χ1n) is 8.27. The maximum atomic E-state index is 12.1. The minimum absolute atomic E-state index is 0.0624. The van der Waals surface area contributed by atoms with Crippen molar-refractivity contribution in [2.45, 2.75) is 38.5 Å². The molecule has 0 unspecified atom stereocenters. The SMILES string of the molecule is CCNS(=O)(=O)c1ccc(CCC(=O)Nc2ccc(C)c(C)c2)cc1. The van der Waals surface area contributed by atoms with Crippen LogP contribution in [-0.2, 0) is 21.2 Å². The molecular weight excluding hydrogens is 336 g/mol. The van der Waals surface area contributed by atoms with Crippen LogP contribution < -0.4 is 10.0 Å². The molecule has 134 valence electrons. The van der Waals surface area contributed by atoms with Crippen molar-refractivity contribution in [1.82, 2.24) is 4.72 Å². The number of sulfonamides is 1. The normalized spacial score (nSPS) is 11.3. The molecule has 1 amide bonds. The van der Waals surface area contributed by atoms with E-state index in [0.717, 1.165) is 16.8 Å². The standard InChI is InChI=1S/C19H24N2O3S/c1-4-20-25(23,24)18-10-6-16(7-11-18)8-12-19(22)21-17-9-5-14(2)15(3)13-17/h5-7,9-11,13,20H,4,8,12H2,1-3H3,(H,21,22). The highest BCUT2D eigenvalue weighted by molar-refractivity contribution is 7.89. The Morgan fingerprint density at radius 1 is 1.00 bits per heavy atom. The maximum Gasteiger partial charge on any atom is 0.240 e. The molecule has 2 aromatic carbocycles. The van der Waals surface area contributed by atoms with Crippen LogP contribution >= 0.6 is 0 Å². The largest absolute Gasteiger partial charge is 0.326 e. The Hall–Kier alpha value is -2.18. The number of hydrogen-bond donors (Lipinski definition) is 2. The zero-order chi connectivity index (χ0) is 18.4. The minimum Gasteiger partial charge on any atom is -0.326 e. The van der Waals surface area contributed by atoms with Crippen molar-refractivity contribution in [1.29, 1.82) is 0 Å². The molecule has 0 saturated carbocycles. The molecule has 0 spiro atoms. The summed E-state index contributed by atoms with van der Waals surface area (Å²) in [5, 5.41) is 2.89. The Balaban J connectivity index is 1.92. The molecule has 5 nitrogen and oxygen atoms in total. The van der Waals surface area contributed by atoms with Gasteiger partial charge in [-0.3, -0.25) is 4.79 Å². The molecule has 0 heterocycles. The van der Waals surface area contributed by atoms with Crippen molar-refractivity contribution in [2.24, 2.45) is 0 Å². The molecule has 0 atom stereocenters. The summed E-state index contributed by atoms with van der Waals surface area (Å²) < 4.78 is 26.2. The molecule has 0 radical (unpaired) electrons. The summed E-state index contributed by atoms with van der Waals surface area (Å²) in [6, 6.07) is 12.4. The molecule has 0 fully saturated rings. The average molecular weight is 360 g/mol. The van der Waals surface area contributed by atoms with Crippen LogP contribution in [0.5, 0.6) is 0 Å². The van der Waals surface area contributed by atoms with E-state index in [1.165, 1.54) is 5.56 Å². The molecule has 0 aliphatic carbocycles. The number of hydrogen-bond acceptors (Lipinski definition) is 3. The number of nitrogens with one attached hydrogen (secondary N) is 2. The predicted octanol–water partition coefficient (Wildman–Crippen LogP) is 3.17. The van der Waals surface area contributed by atoms with Crippen LogP contribution in [0.15, 0.2) is 47.4 Å². The monoisotopic (exact) mass is 360 g/mol. The topological polar surface area (TPSA) is 75.3 Å². The molecule has 0 bridgehead atoms. The molecule has 0 aliphatic heterocycles. The van der Waals surface area contributed by atoms with Crippen LogP contribution in [0.25, 0.3) is 0 Å². The highest BCUT2D eigenvalue weighted by Crippen LogP contribution is 2.15. The first-order chi connectivity index (χ1) is 11.8. The predicted molar refractivity (Wildman–Crippen MR) is 100 cm³/mol. The van der Waals surface area contributed by atoms with Gasteiger partial charge in [0.25, 0.3) is 0 Å². The van der Waals surface area contributed by atoms with Crippen LogP contribution in [0, 0.1) is 13.8 Å². The van der Waals surface area contributed by atoms with Crippen molar-refractivity contribution < 1.29 is 13.2 Å². The third kappa shape index (κ3) is 5.41. The maximum absolute atomic E-state index is 12.1. The smallest absolute Gasteiger partial charge is 0.240 e. The van der Waals surface area contributed by atoms with Crippen molar-refractivity contribution in [2.75, 3.05) is 11.9 Å². The van der Waals surface area contributed by atoms with Crippen molar-refractivity contribution >= 4 is 21.6 Å². The third-order valence-electron chi connectivity index (χ3n) is 4.00. The van der Waals surface area contributed by atoms with E-state index < -0.39 is 10.0 Å². The highest BCUT2D eigenvalue weighted by Gasteiger charge is 2.12. The fourth-order valence-corrected chi connectivity index (χ4v) is 3.45.